The third kappa shape index (κ3) is 7.77. The van der Waals surface area contributed by atoms with E-state index in [0.717, 1.165) is 0 Å². The minimum absolute atomic E-state index is 0.000282. The molecule has 2 aromatic heterocycles. The van der Waals surface area contributed by atoms with E-state index in [4.69, 9.17) is 0 Å². The van der Waals surface area contributed by atoms with Crippen molar-refractivity contribution in [2.75, 3.05) is 21.5 Å². The van der Waals surface area contributed by atoms with Crippen molar-refractivity contribution in [3.63, 3.8) is 0 Å². The van der Waals surface area contributed by atoms with Gasteiger partial charge in [-0.1, -0.05) is 54.6 Å². The molecule has 2 heterocycles. The molecule has 0 aliphatic carbocycles. The summed E-state index contributed by atoms with van der Waals surface area (Å²) in [6.07, 6.45) is -0.135. The zero-order valence-corrected chi connectivity index (χ0v) is 24.7. The summed E-state index contributed by atoms with van der Waals surface area (Å²) < 4.78 is 1.25. The van der Waals surface area contributed by atoms with E-state index in [1.807, 2.05) is 12.1 Å². The molecule has 4 N–H and O–H groups in total. The number of nitro groups is 2. The fourth-order valence-corrected chi connectivity index (χ4v) is 4.46. The average Bonchev–Trinajstić information content (AvgIpc) is 3.09. The maximum absolute atomic E-state index is 13.2. The lowest BCUT2D eigenvalue weighted by Gasteiger charge is -2.16. The van der Waals surface area contributed by atoms with Crippen molar-refractivity contribution in [3.8, 4) is 17.3 Å². The number of hydrogen-bond donors (Lipinski definition) is 4. The maximum Gasteiger partial charge on any atom is 0.269 e. The third-order valence-electron chi connectivity index (χ3n) is 6.75. The van der Waals surface area contributed by atoms with E-state index in [9.17, 15) is 30.3 Å². The van der Waals surface area contributed by atoms with Crippen LogP contribution in [-0.2, 0) is 26.6 Å². The highest BCUT2D eigenvalue weighted by atomic mass is 16.6. The smallest absolute Gasteiger partial charge is 0.269 e. The van der Waals surface area contributed by atoms with Gasteiger partial charge in [0.25, 0.3) is 16.9 Å². The molecule has 0 amide bonds. The molecule has 236 valence electrons. The molecule has 5 aromatic rings. The second kappa shape index (κ2) is 14.2. The highest BCUT2D eigenvalue weighted by Crippen LogP contribution is 2.22. The van der Waals surface area contributed by atoms with Crippen molar-refractivity contribution in [1.82, 2.24) is 24.5 Å². The number of aromatic nitrogens is 5. The van der Waals surface area contributed by atoms with Crippen molar-refractivity contribution in [1.29, 1.82) is 5.26 Å². The fourth-order valence-electron chi connectivity index (χ4n) is 4.46. The van der Waals surface area contributed by atoms with E-state index < -0.39 is 15.4 Å². The minimum Gasteiger partial charge on any atom is -0.350 e. The number of nitriles is 1. The molecule has 0 saturated heterocycles. The van der Waals surface area contributed by atoms with Gasteiger partial charge in [0.1, 0.15) is 0 Å². The van der Waals surface area contributed by atoms with E-state index >= 15 is 0 Å². The maximum atomic E-state index is 13.2. The molecule has 0 bridgehead atoms. The van der Waals surface area contributed by atoms with Crippen molar-refractivity contribution in [2.24, 2.45) is 7.05 Å². The van der Waals surface area contributed by atoms with Crippen LogP contribution >= 0.6 is 0 Å². The molecule has 17 heteroatoms. The number of benzene rings is 3. The molecule has 17 nitrogen and oxygen atoms in total. The Kier molecular flexibility index (Phi) is 9.52. The number of hydrogen-bond acceptors (Lipinski definition) is 14. The first-order chi connectivity index (χ1) is 22.7. The number of rotatable bonds is 13. The molecule has 3 aromatic carbocycles. The van der Waals surface area contributed by atoms with Gasteiger partial charge < -0.3 is 10.6 Å². The van der Waals surface area contributed by atoms with Gasteiger partial charge in [-0.25, -0.2) is 4.98 Å². The first kappa shape index (κ1) is 31.5. The molecule has 0 aliphatic rings. The highest BCUT2D eigenvalue weighted by Gasteiger charge is 2.17. The Hall–Kier alpha value is -6.96. The van der Waals surface area contributed by atoms with Gasteiger partial charge in [0.15, 0.2) is 0 Å². The molecule has 47 heavy (non-hydrogen) atoms. The minimum atomic E-state index is -0.493. The molecule has 0 spiro atoms. The molecule has 0 saturated carbocycles. The van der Waals surface area contributed by atoms with Crippen LogP contribution in [0.1, 0.15) is 16.7 Å². The summed E-state index contributed by atoms with van der Waals surface area (Å²) in [4.78, 5) is 52.3. The molecule has 0 fully saturated rings. The summed E-state index contributed by atoms with van der Waals surface area (Å²) >= 11 is 0. The Morgan fingerprint density at radius 2 is 1.32 bits per heavy atom. The van der Waals surface area contributed by atoms with Crippen LogP contribution in [0.25, 0.3) is 11.3 Å². The number of nitrogens with one attached hydrogen (secondary N) is 4. The van der Waals surface area contributed by atoms with Crippen molar-refractivity contribution < 1.29 is 9.85 Å². The Balaban J connectivity index is 1.43. The number of hydrazine groups is 1. The Morgan fingerprint density at radius 1 is 0.766 bits per heavy atom. The molecular formula is C30H26N12O5. The van der Waals surface area contributed by atoms with Gasteiger partial charge in [-0.05, 0) is 11.1 Å². The summed E-state index contributed by atoms with van der Waals surface area (Å²) in [5.74, 6) is 0.287. The average molecular weight is 635 g/mol. The van der Waals surface area contributed by atoms with Gasteiger partial charge in [-0.15, -0.1) is 0 Å². The lowest BCUT2D eigenvalue weighted by Crippen LogP contribution is -2.28. The zero-order chi connectivity index (χ0) is 33.3. The largest absolute Gasteiger partial charge is 0.350 e. The van der Waals surface area contributed by atoms with Crippen molar-refractivity contribution in [3.05, 3.63) is 126 Å². The van der Waals surface area contributed by atoms with Crippen LogP contribution in [0, 0.1) is 31.6 Å². The molecule has 0 atom stereocenters. The van der Waals surface area contributed by atoms with Gasteiger partial charge in [0, 0.05) is 50.0 Å². The zero-order valence-electron chi connectivity index (χ0n) is 24.7. The Labute approximate surface area is 266 Å². The number of nitro benzene ring substituents is 2. The molecule has 5 rings (SSSR count). The third-order valence-corrected chi connectivity index (χ3v) is 6.75. The quantitative estimate of drug-likeness (QED) is 0.105. The Bertz CT molecular complexity index is 1970. The lowest BCUT2D eigenvalue weighted by atomic mass is 10.1. The van der Waals surface area contributed by atoms with E-state index in [-0.39, 0.29) is 60.2 Å². The van der Waals surface area contributed by atoms with Gasteiger partial charge in [0.2, 0.25) is 23.8 Å². The predicted molar refractivity (Wildman–Crippen MR) is 172 cm³/mol. The summed E-state index contributed by atoms with van der Waals surface area (Å²) in [7, 11) is 1.50. The van der Waals surface area contributed by atoms with E-state index in [0.29, 0.717) is 22.4 Å². The first-order valence-electron chi connectivity index (χ1n) is 14.0. The summed E-state index contributed by atoms with van der Waals surface area (Å²) in [5.41, 5.74) is 7.56. The topological polar surface area (TPSA) is 232 Å². The van der Waals surface area contributed by atoms with Crippen LogP contribution in [0.2, 0.25) is 0 Å². The lowest BCUT2D eigenvalue weighted by molar-refractivity contribution is -0.385. The van der Waals surface area contributed by atoms with E-state index in [2.05, 4.69) is 41.4 Å². The van der Waals surface area contributed by atoms with Crippen molar-refractivity contribution >= 4 is 35.2 Å². The Morgan fingerprint density at radius 3 is 1.85 bits per heavy atom. The van der Waals surface area contributed by atoms with Gasteiger partial charge in [-0.2, -0.15) is 20.2 Å². The monoisotopic (exact) mass is 634 g/mol. The molecule has 0 radical (unpaired) electrons. The predicted octanol–water partition coefficient (Wildman–Crippen LogP) is 4.18. The summed E-state index contributed by atoms with van der Waals surface area (Å²) in [6.45, 7) is 0.277. The van der Waals surface area contributed by atoms with Crippen LogP contribution in [0.15, 0.2) is 83.7 Å². The van der Waals surface area contributed by atoms with Crippen LogP contribution < -0.4 is 27.0 Å². The second-order valence-electron chi connectivity index (χ2n) is 9.95. The van der Waals surface area contributed by atoms with Crippen LogP contribution in [-0.4, -0.2) is 34.3 Å². The summed E-state index contributed by atoms with van der Waals surface area (Å²) in [5, 5.41) is 37.8. The SMILES string of the molecule is Cn1c(NNc2nc(NCc3cccc([N+](=O)[O-])c3)nc(NCc3cccc([N+](=O)[O-])c3)n2)nc(-c2ccccc2)c(CC#N)c1=O. The standard InChI is InChI=1S/C30H26N12O5/c1-40-26(43)24(13-14-31)25(21-9-3-2-4-10-21)34-30(40)39-38-29-36-27(32-17-19-7-5-11-22(15-19)41(44)45)35-28(37-29)33-18-20-8-6-12-23(16-20)42(46)47/h2-12,15-16H,13,17-18H2,1H3,(H,34,39)(H3,32,33,35,36,37,38). The van der Waals surface area contributed by atoms with E-state index in [1.165, 1.54) is 35.9 Å². The van der Waals surface area contributed by atoms with Crippen LogP contribution in [0.4, 0.5) is 35.2 Å². The van der Waals surface area contributed by atoms with Crippen molar-refractivity contribution in [2.45, 2.75) is 19.5 Å². The highest BCUT2D eigenvalue weighted by molar-refractivity contribution is 5.65. The number of anilines is 4. The van der Waals surface area contributed by atoms with Gasteiger partial charge in [-0.3, -0.25) is 40.4 Å². The molecular weight excluding hydrogens is 608 g/mol. The van der Waals surface area contributed by atoms with Crippen LogP contribution in [0.5, 0.6) is 0 Å². The molecule has 0 aliphatic heterocycles. The first-order valence-corrected chi connectivity index (χ1v) is 14.0. The summed E-state index contributed by atoms with van der Waals surface area (Å²) in [6, 6.07) is 23.1. The molecule has 0 unspecified atom stereocenters. The number of non-ortho nitro benzene ring substituents is 2. The van der Waals surface area contributed by atoms with Gasteiger partial charge in [0.05, 0.1) is 33.6 Å². The van der Waals surface area contributed by atoms with Gasteiger partial charge >= 0.3 is 0 Å². The van der Waals surface area contributed by atoms with E-state index in [1.54, 1.807) is 48.5 Å². The second-order valence-corrected chi connectivity index (χ2v) is 9.95. The van der Waals surface area contributed by atoms with Crippen LogP contribution in [0.3, 0.4) is 0 Å². The normalized spacial score (nSPS) is 10.5. The number of nitrogens with zero attached hydrogens (tertiary/aromatic N) is 8. The fraction of sp³-hybridized carbons (Fsp3) is 0.133.